The number of carbonyl (C=O) groups excluding carboxylic acids is 1. The largest absolute Gasteiger partial charge is 0.490 e. The first-order valence-corrected chi connectivity index (χ1v) is 12.7. The molecule has 33 heavy (non-hydrogen) atoms. The van der Waals surface area contributed by atoms with Gasteiger partial charge in [0.1, 0.15) is 17.4 Å². The van der Waals surface area contributed by atoms with Gasteiger partial charge in [-0.05, 0) is 43.0 Å². The maximum Gasteiger partial charge on any atom is 0.225 e. The van der Waals surface area contributed by atoms with E-state index in [-0.39, 0.29) is 24.0 Å². The van der Waals surface area contributed by atoms with Gasteiger partial charge in [0.05, 0.1) is 5.02 Å². The summed E-state index contributed by atoms with van der Waals surface area (Å²) in [7, 11) is 0. The Morgan fingerprint density at radius 3 is 2.76 bits per heavy atom. The van der Waals surface area contributed by atoms with E-state index in [0.29, 0.717) is 10.2 Å². The van der Waals surface area contributed by atoms with Crippen molar-refractivity contribution >= 4 is 34.4 Å². The summed E-state index contributed by atoms with van der Waals surface area (Å²) < 4.78 is 6.52. The maximum absolute atomic E-state index is 12.7. The molecule has 1 fully saturated rings. The number of carbonyl (C=O) groups is 1. The van der Waals surface area contributed by atoms with E-state index >= 15 is 0 Å². The summed E-state index contributed by atoms with van der Waals surface area (Å²) >= 11 is 7.79. The fraction of sp³-hybridized carbons (Fsp3) is 0.480. The molecule has 5 rings (SSSR count). The van der Waals surface area contributed by atoms with Gasteiger partial charge in [0.25, 0.3) is 0 Å². The van der Waals surface area contributed by atoms with E-state index in [1.54, 1.807) is 18.0 Å². The highest BCUT2D eigenvalue weighted by atomic mass is 35.5. The van der Waals surface area contributed by atoms with Gasteiger partial charge in [0.15, 0.2) is 5.17 Å². The third-order valence-electron chi connectivity index (χ3n) is 6.93. The summed E-state index contributed by atoms with van der Waals surface area (Å²) in [6.45, 7) is 5.83. The van der Waals surface area contributed by atoms with Crippen LogP contribution in [0.1, 0.15) is 45.6 Å². The van der Waals surface area contributed by atoms with E-state index in [2.05, 4.69) is 16.4 Å². The molecule has 1 saturated carbocycles. The number of amidine groups is 1. The van der Waals surface area contributed by atoms with E-state index in [4.69, 9.17) is 27.1 Å². The van der Waals surface area contributed by atoms with Crippen molar-refractivity contribution in [2.45, 2.75) is 57.7 Å². The Balaban J connectivity index is 1.53. The fourth-order valence-corrected chi connectivity index (χ4v) is 6.38. The zero-order valence-corrected chi connectivity index (χ0v) is 20.7. The van der Waals surface area contributed by atoms with Gasteiger partial charge in [0, 0.05) is 46.6 Å². The van der Waals surface area contributed by atoms with Crippen LogP contribution in [0, 0.1) is 11.3 Å². The number of ether oxygens (including phenoxy) is 1. The predicted molar refractivity (Wildman–Crippen MR) is 134 cm³/mol. The minimum absolute atomic E-state index is 0.0502. The number of hydrogen-bond acceptors (Lipinski definition) is 6. The number of fused-ring (bicyclic) bond motifs is 4. The van der Waals surface area contributed by atoms with Crippen LogP contribution in [0.25, 0.3) is 11.1 Å². The Morgan fingerprint density at radius 2 is 2.06 bits per heavy atom. The van der Waals surface area contributed by atoms with Crippen LogP contribution < -0.4 is 15.8 Å². The number of nitrogens with one attached hydrogen (secondary N) is 1. The normalized spacial score (nSPS) is 28.5. The molecule has 2 aromatic rings. The molecule has 1 unspecified atom stereocenters. The first-order chi connectivity index (χ1) is 15.7. The zero-order chi connectivity index (χ0) is 23.4. The van der Waals surface area contributed by atoms with Crippen molar-refractivity contribution in [1.82, 2.24) is 10.3 Å². The lowest BCUT2D eigenvalue weighted by Crippen LogP contribution is -2.55. The van der Waals surface area contributed by atoms with Crippen LogP contribution in [0.2, 0.25) is 5.02 Å². The van der Waals surface area contributed by atoms with Crippen LogP contribution in [0.3, 0.4) is 0 Å². The molecule has 174 valence electrons. The summed E-state index contributed by atoms with van der Waals surface area (Å²) in [5.41, 5.74) is 8.36. The van der Waals surface area contributed by atoms with Crippen LogP contribution >= 0.6 is 23.4 Å². The Bertz CT molecular complexity index is 1130. The van der Waals surface area contributed by atoms with Gasteiger partial charge < -0.3 is 15.8 Å². The number of halogens is 1. The van der Waals surface area contributed by atoms with E-state index in [1.807, 2.05) is 45.2 Å². The van der Waals surface area contributed by atoms with Crippen LogP contribution in [-0.4, -0.2) is 34.0 Å². The first kappa shape index (κ1) is 22.5. The van der Waals surface area contributed by atoms with Crippen LogP contribution in [0.4, 0.5) is 0 Å². The minimum atomic E-state index is -0.472. The highest BCUT2D eigenvalue weighted by Crippen LogP contribution is 2.55. The van der Waals surface area contributed by atoms with Crippen molar-refractivity contribution in [2.75, 3.05) is 5.75 Å². The lowest BCUT2D eigenvalue weighted by Gasteiger charge is -2.49. The van der Waals surface area contributed by atoms with Crippen molar-refractivity contribution in [2.24, 2.45) is 22.1 Å². The highest BCUT2D eigenvalue weighted by Gasteiger charge is 2.54. The number of nitrogens with two attached hydrogens (primary N) is 1. The molecule has 3 heterocycles. The second-order valence-electron chi connectivity index (χ2n) is 10.3. The van der Waals surface area contributed by atoms with E-state index in [9.17, 15) is 4.79 Å². The third-order valence-corrected chi connectivity index (χ3v) is 8.11. The van der Waals surface area contributed by atoms with E-state index in [1.165, 1.54) is 0 Å². The second-order valence-corrected chi connectivity index (χ2v) is 11.7. The Morgan fingerprint density at radius 1 is 1.24 bits per heavy atom. The summed E-state index contributed by atoms with van der Waals surface area (Å²) in [4.78, 5) is 22.0. The predicted octanol–water partition coefficient (Wildman–Crippen LogP) is 4.75. The molecule has 0 bridgehead atoms. The number of benzene rings is 1. The summed E-state index contributed by atoms with van der Waals surface area (Å²) in [5.74, 6) is 1.85. The number of pyridine rings is 1. The standard InChI is InChI=1S/C25H29ClN4O2S/c1-24(2,3)22(31)29-17-5-7-21-19(10-17)25(13-33-23(27)30-25)18-9-14(4-6-20(18)32-21)15-8-16(26)12-28-11-15/h4,6,8-9,11-12,17,19,21H,5,7,10,13H2,1-3H3,(H2,27,30)(H,29,31)/t17-,19-,21-,25?/m0/s1. The molecule has 1 aliphatic carbocycles. The van der Waals surface area contributed by atoms with Crippen LogP contribution in [0.5, 0.6) is 5.75 Å². The van der Waals surface area contributed by atoms with Crippen molar-refractivity contribution in [1.29, 1.82) is 0 Å². The van der Waals surface area contributed by atoms with Crippen LogP contribution in [0.15, 0.2) is 41.7 Å². The van der Waals surface area contributed by atoms with Crippen molar-refractivity contribution in [3.8, 4) is 16.9 Å². The molecule has 1 aromatic heterocycles. The van der Waals surface area contributed by atoms with Gasteiger partial charge in [0.2, 0.25) is 5.91 Å². The molecule has 3 N–H and O–H groups in total. The second kappa shape index (κ2) is 8.20. The van der Waals surface area contributed by atoms with Gasteiger partial charge >= 0.3 is 0 Å². The number of thioether (sulfide) groups is 1. The topological polar surface area (TPSA) is 89.6 Å². The molecule has 1 amide bonds. The van der Waals surface area contributed by atoms with Gasteiger partial charge in [-0.15, -0.1) is 0 Å². The first-order valence-electron chi connectivity index (χ1n) is 11.4. The molecule has 2 aliphatic heterocycles. The monoisotopic (exact) mass is 484 g/mol. The SMILES string of the molecule is CC(C)(C)C(=O)N[C@H]1CC[C@@H]2Oc3ccc(-c4cncc(Cl)c4)cc3C3(CSC(N)=N3)[C@H]2C1. The summed E-state index contributed by atoms with van der Waals surface area (Å²) in [6.07, 6.45) is 6.08. The molecule has 1 spiro atoms. The molecule has 4 atom stereocenters. The average molecular weight is 485 g/mol. The number of amides is 1. The number of aliphatic imine (C=N–C) groups is 1. The third kappa shape index (κ3) is 4.10. The van der Waals surface area contributed by atoms with Gasteiger partial charge in [-0.3, -0.25) is 9.78 Å². The summed E-state index contributed by atoms with van der Waals surface area (Å²) in [6, 6.07) is 8.24. The van der Waals surface area contributed by atoms with E-state index < -0.39 is 11.0 Å². The number of hydrogen-bond donors (Lipinski definition) is 2. The number of nitrogens with zero attached hydrogens (tertiary/aromatic N) is 2. The van der Waals surface area contributed by atoms with Crippen molar-refractivity contribution < 1.29 is 9.53 Å². The van der Waals surface area contributed by atoms with E-state index in [0.717, 1.165) is 47.5 Å². The Kier molecular flexibility index (Phi) is 5.60. The van der Waals surface area contributed by atoms with Crippen LogP contribution in [-0.2, 0) is 10.3 Å². The minimum Gasteiger partial charge on any atom is -0.490 e. The molecule has 0 radical (unpaired) electrons. The molecule has 0 saturated heterocycles. The molecule has 3 aliphatic rings. The highest BCUT2D eigenvalue weighted by molar-refractivity contribution is 8.14. The fourth-order valence-electron chi connectivity index (χ4n) is 5.18. The molecule has 1 aromatic carbocycles. The molecular formula is C25H29ClN4O2S. The average Bonchev–Trinajstić information content (AvgIpc) is 3.16. The van der Waals surface area contributed by atoms with Crippen molar-refractivity contribution in [3.63, 3.8) is 0 Å². The summed E-state index contributed by atoms with van der Waals surface area (Å²) in [5, 5.41) is 4.48. The zero-order valence-electron chi connectivity index (χ0n) is 19.1. The smallest absolute Gasteiger partial charge is 0.225 e. The Hall–Kier alpha value is -2.25. The maximum atomic E-state index is 12.7. The quantitative estimate of drug-likeness (QED) is 0.642. The van der Waals surface area contributed by atoms with Gasteiger partial charge in [-0.1, -0.05) is 50.2 Å². The van der Waals surface area contributed by atoms with Gasteiger partial charge in [-0.2, -0.15) is 0 Å². The van der Waals surface area contributed by atoms with Crippen molar-refractivity contribution in [3.05, 3.63) is 47.2 Å². The number of aromatic nitrogens is 1. The molecule has 6 nitrogen and oxygen atoms in total. The lowest BCUT2D eigenvalue weighted by atomic mass is 9.67. The lowest BCUT2D eigenvalue weighted by molar-refractivity contribution is -0.130. The number of rotatable bonds is 2. The molecular weight excluding hydrogens is 456 g/mol. The molecule has 8 heteroatoms. The van der Waals surface area contributed by atoms with Gasteiger partial charge in [-0.25, -0.2) is 4.99 Å². The Labute approximate surface area is 203 Å².